The molecule has 3 heteroatoms. The molecule has 0 bridgehead atoms. The van der Waals surface area contributed by atoms with Gasteiger partial charge in [-0.05, 0) is 42.9 Å². The summed E-state index contributed by atoms with van der Waals surface area (Å²) in [6.07, 6.45) is 5.20. The zero-order valence-electron chi connectivity index (χ0n) is 16.1. The predicted octanol–water partition coefficient (Wildman–Crippen LogP) is 5.51. The van der Waals surface area contributed by atoms with E-state index in [2.05, 4.69) is 72.5 Å². The summed E-state index contributed by atoms with van der Waals surface area (Å²) in [5.74, 6) is 0.908. The van der Waals surface area contributed by atoms with Crippen molar-refractivity contribution in [3.63, 3.8) is 0 Å². The predicted molar refractivity (Wildman–Crippen MR) is 112 cm³/mol. The summed E-state index contributed by atoms with van der Waals surface area (Å²) in [5.41, 5.74) is 2.10. The van der Waals surface area contributed by atoms with Gasteiger partial charge in [-0.25, -0.2) is 0 Å². The average Bonchev–Trinajstić information content (AvgIpc) is 2.65. The fourth-order valence-electron chi connectivity index (χ4n) is 3.94. The zero-order valence-corrected chi connectivity index (χ0v) is 16.9. The fourth-order valence-corrected chi connectivity index (χ4v) is 3.94. The maximum Gasteiger partial charge on any atom is 0.119 e. The Morgan fingerprint density at radius 1 is 0.962 bits per heavy atom. The van der Waals surface area contributed by atoms with Crippen LogP contribution in [0.2, 0.25) is 0 Å². The van der Waals surface area contributed by atoms with Gasteiger partial charge in [0.05, 0.1) is 0 Å². The minimum Gasteiger partial charge on any atom is -0.369 e. The lowest BCUT2D eigenvalue weighted by Crippen LogP contribution is -2.38. The van der Waals surface area contributed by atoms with Crippen LogP contribution in [0.15, 0.2) is 60.7 Å². The van der Waals surface area contributed by atoms with Gasteiger partial charge in [0.15, 0.2) is 0 Å². The van der Waals surface area contributed by atoms with Gasteiger partial charge in [-0.2, -0.15) is 0 Å². The van der Waals surface area contributed by atoms with Crippen LogP contribution in [0.25, 0.3) is 0 Å². The SMILES string of the molecule is CCN(CCC(OC)(c1ccccc1)c1ccccc1)CC1CCC1.Cl. The van der Waals surface area contributed by atoms with Crippen LogP contribution in [0, 0.1) is 5.92 Å². The van der Waals surface area contributed by atoms with Crippen molar-refractivity contribution in [2.75, 3.05) is 26.7 Å². The second kappa shape index (κ2) is 10.1. The van der Waals surface area contributed by atoms with Crippen LogP contribution in [0.4, 0.5) is 0 Å². The zero-order chi connectivity index (χ0) is 17.5. The molecule has 0 radical (unpaired) electrons. The number of ether oxygens (including phenoxy) is 1. The molecule has 2 nitrogen and oxygen atoms in total. The number of rotatable bonds is 9. The smallest absolute Gasteiger partial charge is 0.119 e. The molecule has 2 aromatic carbocycles. The van der Waals surface area contributed by atoms with Gasteiger partial charge < -0.3 is 9.64 Å². The molecule has 1 saturated carbocycles. The first kappa shape index (κ1) is 21.0. The molecule has 2 aromatic rings. The van der Waals surface area contributed by atoms with E-state index in [4.69, 9.17) is 4.74 Å². The summed E-state index contributed by atoms with van der Waals surface area (Å²) in [6, 6.07) is 21.4. The summed E-state index contributed by atoms with van der Waals surface area (Å²) in [5, 5.41) is 0. The van der Waals surface area contributed by atoms with E-state index in [1.807, 2.05) is 7.11 Å². The fraction of sp³-hybridized carbons (Fsp3) is 0.478. The second-order valence-electron chi connectivity index (χ2n) is 7.20. The molecule has 0 N–H and O–H groups in total. The third kappa shape index (κ3) is 4.68. The Morgan fingerprint density at radius 3 is 1.88 bits per heavy atom. The van der Waals surface area contributed by atoms with Crippen molar-refractivity contribution >= 4 is 12.4 Å². The van der Waals surface area contributed by atoms with Gasteiger partial charge in [0, 0.05) is 20.2 Å². The van der Waals surface area contributed by atoms with Crippen LogP contribution in [0.5, 0.6) is 0 Å². The topological polar surface area (TPSA) is 12.5 Å². The number of halogens is 1. The van der Waals surface area contributed by atoms with E-state index in [9.17, 15) is 0 Å². The molecule has 0 unspecified atom stereocenters. The van der Waals surface area contributed by atoms with Crippen molar-refractivity contribution in [2.24, 2.45) is 5.92 Å². The average molecular weight is 374 g/mol. The monoisotopic (exact) mass is 373 g/mol. The van der Waals surface area contributed by atoms with Gasteiger partial charge in [-0.3, -0.25) is 0 Å². The standard InChI is InChI=1S/C23H31NO.ClH/c1-3-24(19-20-11-10-12-20)18-17-23(25-2,21-13-6-4-7-14-21)22-15-8-5-9-16-22;/h4-9,13-16,20H,3,10-12,17-19H2,1-2H3;1H. The highest BCUT2D eigenvalue weighted by atomic mass is 35.5. The van der Waals surface area contributed by atoms with E-state index in [0.29, 0.717) is 0 Å². The molecule has 1 aliphatic rings. The van der Waals surface area contributed by atoms with Gasteiger partial charge in [-0.1, -0.05) is 74.0 Å². The van der Waals surface area contributed by atoms with Crippen molar-refractivity contribution in [1.29, 1.82) is 0 Å². The summed E-state index contributed by atoms with van der Waals surface area (Å²) < 4.78 is 6.22. The lowest BCUT2D eigenvalue weighted by molar-refractivity contribution is 0.00449. The van der Waals surface area contributed by atoms with Crippen LogP contribution in [0.3, 0.4) is 0 Å². The maximum atomic E-state index is 6.22. The van der Waals surface area contributed by atoms with Crippen molar-refractivity contribution in [3.8, 4) is 0 Å². The molecule has 0 aromatic heterocycles. The summed E-state index contributed by atoms with van der Waals surface area (Å²) in [6.45, 7) is 5.68. The molecule has 0 amide bonds. The Labute approximate surface area is 165 Å². The summed E-state index contributed by atoms with van der Waals surface area (Å²) in [4.78, 5) is 2.60. The van der Waals surface area contributed by atoms with Gasteiger partial charge in [0.2, 0.25) is 0 Å². The molecule has 142 valence electrons. The van der Waals surface area contributed by atoms with Crippen molar-refractivity contribution in [2.45, 2.75) is 38.2 Å². The van der Waals surface area contributed by atoms with E-state index in [1.165, 1.54) is 36.9 Å². The van der Waals surface area contributed by atoms with Gasteiger partial charge >= 0.3 is 0 Å². The van der Waals surface area contributed by atoms with E-state index < -0.39 is 0 Å². The van der Waals surface area contributed by atoms with Crippen LogP contribution in [0.1, 0.15) is 43.7 Å². The third-order valence-electron chi connectivity index (χ3n) is 5.80. The molecule has 0 atom stereocenters. The molecule has 26 heavy (non-hydrogen) atoms. The lowest BCUT2D eigenvalue weighted by Gasteiger charge is -2.37. The third-order valence-corrected chi connectivity index (χ3v) is 5.80. The quantitative estimate of drug-likeness (QED) is 0.574. The molecule has 3 rings (SSSR count). The van der Waals surface area contributed by atoms with Crippen LogP contribution < -0.4 is 0 Å². The molecule has 1 fully saturated rings. The van der Waals surface area contributed by atoms with Gasteiger partial charge in [0.1, 0.15) is 5.60 Å². The van der Waals surface area contributed by atoms with Crippen LogP contribution in [-0.2, 0) is 10.3 Å². The summed E-state index contributed by atoms with van der Waals surface area (Å²) in [7, 11) is 1.85. The Kier molecular flexibility index (Phi) is 8.15. The molecule has 0 aliphatic heterocycles. The lowest BCUT2D eigenvalue weighted by atomic mass is 9.82. The number of hydrogen-bond donors (Lipinski definition) is 0. The molecular formula is C23H32ClNO. The molecule has 1 aliphatic carbocycles. The van der Waals surface area contributed by atoms with Gasteiger partial charge in [-0.15, -0.1) is 12.4 Å². The first-order valence-electron chi connectivity index (χ1n) is 9.67. The highest BCUT2D eigenvalue weighted by Crippen LogP contribution is 2.37. The van der Waals surface area contributed by atoms with Gasteiger partial charge in [0.25, 0.3) is 0 Å². The summed E-state index contributed by atoms with van der Waals surface area (Å²) >= 11 is 0. The molecule has 0 saturated heterocycles. The molecule has 0 spiro atoms. The maximum absolute atomic E-state index is 6.22. The van der Waals surface area contributed by atoms with E-state index in [0.717, 1.165) is 25.4 Å². The van der Waals surface area contributed by atoms with E-state index in [-0.39, 0.29) is 18.0 Å². The largest absolute Gasteiger partial charge is 0.369 e. The Morgan fingerprint density at radius 2 is 1.50 bits per heavy atom. The van der Waals surface area contributed by atoms with Crippen LogP contribution >= 0.6 is 12.4 Å². The second-order valence-corrected chi connectivity index (χ2v) is 7.20. The first-order valence-corrected chi connectivity index (χ1v) is 9.67. The Bertz CT molecular complexity index is 588. The van der Waals surface area contributed by atoms with Crippen molar-refractivity contribution in [3.05, 3.63) is 71.8 Å². The Hall–Kier alpha value is -1.35. The van der Waals surface area contributed by atoms with E-state index in [1.54, 1.807) is 0 Å². The van der Waals surface area contributed by atoms with Crippen molar-refractivity contribution < 1.29 is 4.74 Å². The minimum atomic E-state index is -0.379. The molecule has 0 heterocycles. The van der Waals surface area contributed by atoms with Crippen LogP contribution in [-0.4, -0.2) is 31.6 Å². The number of benzene rings is 2. The van der Waals surface area contributed by atoms with Crippen molar-refractivity contribution in [1.82, 2.24) is 4.90 Å². The Balaban J connectivity index is 0.00000243. The number of hydrogen-bond acceptors (Lipinski definition) is 2. The highest BCUT2D eigenvalue weighted by molar-refractivity contribution is 5.85. The minimum absolute atomic E-state index is 0. The molecular weight excluding hydrogens is 342 g/mol. The highest BCUT2D eigenvalue weighted by Gasteiger charge is 2.34. The normalized spacial score (nSPS) is 14.7. The first-order chi connectivity index (χ1) is 12.3. The number of methoxy groups -OCH3 is 1. The number of nitrogens with zero attached hydrogens (tertiary/aromatic N) is 1. The van der Waals surface area contributed by atoms with E-state index >= 15 is 0 Å².